The summed E-state index contributed by atoms with van der Waals surface area (Å²) in [4.78, 5) is 10.9. The zero-order valence-corrected chi connectivity index (χ0v) is 12.2. The molecule has 1 aliphatic carbocycles. The van der Waals surface area contributed by atoms with E-state index in [1.807, 2.05) is 13.8 Å². The summed E-state index contributed by atoms with van der Waals surface area (Å²) in [7, 11) is 1.69. The van der Waals surface area contributed by atoms with Gasteiger partial charge in [-0.05, 0) is 12.8 Å². The van der Waals surface area contributed by atoms with Crippen molar-refractivity contribution in [2.24, 2.45) is 7.05 Å². The van der Waals surface area contributed by atoms with Gasteiger partial charge in [0.15, 0.2) is 0 Å². The zero-order valence-electron chi connectivity index (χ0n) is 12.2. The van der Waals surface area contributed by atoms with E-state index in [0.29, 0.717) is 11.5 Å². The molecule has 0 spiro atoms. The quantitative estimate of drug-likeness (QED) is 0.652. The van der Waals surface area contributed by atoms with E-state index in [9.17, 15) is 15.2 Å². The lowest BCUT2D eigenvalue weighted by Gasteiger charge is -2.28. The SMILES string of the molecule is CC(C)c1nn(C)c(NC2CCCCC2O)c1[N+](=O)[O-]. The van der Waals surface area contributed by atoms with Crippen LogP contribution >= 0.6 is 0 Å². The van der Waals surface area contributed by atoms with Crippen molar-refractivity contribution in [2.75, 3.05) is 5.32 Å². The Hall–Kier alpha value is -1.63. The first-order valence-electron chi connectivity index (χ1n) is 7.07. The summed E-state index contributed by atoms with van der Waals surface area (Å²) in [6.45, 7) is 3.77. The van der Waals surface area contributed by atoms with Crippen molar-refractivity contribution < 1.29 is 10.0 Å². The van der Waals surface area contributed by atoms with Gasteiger partial charge in [-0.15, -0.1) is 0 Å². The maximum atomic E-state index is 11.3. The smallest absolute Gasteiger partial charge is 0.334 e. The van der Waals surface area contributed by atoms with Gasteiger partial charge in [0.05, 0.1) is 17.1 Å². The fourth-order valence-corrected chi connectivity index (χ4v) is 2.72. The highest BCUT2D eigenvalue weighted by Gasteiger charge is 2.32. The molecule has 1 aliphatic rings. The van der Waals surface area contributed by atoms with Crippen LogP contribution in [0.15, 0.2) is 0 Å². The Labute approximate surface area is 118 Å². The Bertz CT molecular complexity index is 498. The first-order valence-corrected chi connectivity index (χ1v) is 7.07. The third-order valence-electron chi connectivity index (χ3n) is 3.83. The Balaban J connectivity index is 2.33. The molecule has 1 aromatic heterocycles. The standard InChI is InChI=1S/C13H22N4O3/c1-8(2)11-12(17(19)20)13(16(3)15-11)14-9-6-4-5-7-10(9)18/h8-10,14,18H,4-7H2,1-3H3. The van der Waals surface area contributed by atoms with E-state index in [2.05, 4.69) is 10.4 Å². The van der Waals surface area contributed by atoms with Crippen LogP contribution in [0, 0.1) is 10.1 Å². The van der Waals surface area contributed by atoms with Gasteiger partial charge in [-0.25, -0.2) is 4.68 Å². The molecule has 0 aliphatic heterocycles. The highest BCUT2D eigenvalue weighted by Crippen LogP contribution is 2.34. The number of anilines is 1. The van der Waals surface area contributed by atoms with Crippen molar-refractivity contribution in [2.45, 2.75) is 57.6 Å². The second-order valence-corrected chi connectivity index (χ2v) is 5.72. The van der Waals surface area contributed by atoms with Gasteiger partial charge in [0.2, 0.25) is 5.82 Å². The molecule has 0 bridgehead atoms. The molecular weight excluding hydrogens is 260 g/mol. The van der Waals surface area contributed by atoms with Crippen LogP contribution in [0.4, 0.5) is 11.5 Å². The minimum Gasteiger partial charge on any atom is -0.391 e. The molecule has 1 aromatic rings. The largest absolute Gasteiger partial charge is 0.391 e. The normalized spacial score (nSPS) is 23.1. The molecule has 7 nitrogen and oxygen atoms in total. The second kappa shape index (κ2) is 5.78. The van der Waals surface area contributed by atoms with Gasteiger partial charge in [-0.1, -0.05) is 26.7 Å². The average molecular weight is 282 g/mol. The van der Waals surface area contributed by atoms with Crippen molar-refractivity contribution in [1.82, 2.24) is 9.78 Å². The summed E-state index contributed by atoms with van der Waals surface area (Å²) in [6.07, 6.45) is 3.13. The van der Waals surface area contributed by atoms with Crippen molar-refractivity contribution >= 4 is 11.5 Å². The molecule has 2 N–H and O–H groups in total. The van der Waals surface area contributed by atoms with Gasteiger partial charge in [0, 0.05) is 13.0 Å². The van der Waals surface area contributed by atoms with Crippen molar-refractivity contribution in [3.63, 3.8) is 0 Å². The van der Waals surface area contributed by atoms with Crippen LogP contribution in [0.3, 0.4) is 0 Å². The van der Waals surface area contributed by atoms with E-state index < -0.39 is 6.10 Å². The Kier molecular flexibility index (Phi) is 4.27. The van der Waals surface area contributed by atoms with Crippen LogP contribution in [0.2, 0.25) is 0 Å². The third kappa shape index (κ3) is 2.77. The monoisotopic (exact) mass is 282 g/mol. The molecule has 7 heteroatoms. The number of nitrogens with zero attached hydrogens (tertiary/aromatic N) is 3. The molecule has 20 heavy (non-hydrogen) atoms. The van der Waals surface area contributed by atoms with E-state index >= 15 is 0 Å². The predicted molar refractivity (Wildman–Crippen MR) is 75.8 cm³/mol. The molecule has 112 valence electrons. The number of nitro groups is 1. The van der Waals surface area contributed by atoms with Crippen molar-refractivity contribution in [1.29, 1.82) is 0 Å². The zero-order chi connectivity index (χ0) is 14.9. The number of hydrogen-bond donors (Lipinski definition) is 2. The Morgan fingerprint density at radius 1 is 1.45 bits per heavy atom. The van der Waals surface area contributed by atoms with E-state index in [0.717, 1.165) is 25.7 Å². The van der Waals surface area contributed by atoms with Crippen LogP contribution in [0.1, 0.15) is 51.1 Å². The van der Waals surface area contributed by atoms with Crippen LogP contribution in [0.25, 0.3) is 0 Å². The minimum atomic E-state index is -0.458. The highest BCUT2D eigenvalue weighted by atomic mass is 16.6. The molecule has 2 atom stereocenters. The molecule has 0 aromatic carbocycles. The number of nitrogens with one attached hydrogen (secondary N) is 1. The maximum Gasteiger partial charge on any atom is 0.334 e. The molecule has 0 amide bonds. The molecule has 0 saturated heterocycles. The fraction of sp³-hybridized carbons (Fsp3) is 0.769. The molecule has 0 radical (unpaired) electrons. The maximum absolute atomic E-state index is 11.3. The second-order valence-electron chi connectivity index (χ2n) is 5.72. The molecule has 1 fully saturated rings. The topological polar surface area (TPSA) is 93.2 Å². The number of aryl methyl sites for hydroxylation is 1. The van der Waals surface area contributed by atoms with Crippen LogP contribution in [-0.2, 0) is 7.05 Å². The van der Waals surface area contributed by atoms with Crippen LogP contribution < -0.4 is 5.32 Å². The fourth-order valence-electron chi connectivity index (χ4n) is 2.72. The highest BCUT2D eigenvalue weighted by molar-refractivity contribution is 5.61. The van der Waals surface area contributed by atoms with Gasteiger partial charge in [-0.3, -0.25) is 10.1 Å². The van der Waals surface area contributed by atoms with E-state index in [-0.39, 0.29) is 22.6 Å². The van der Waals surface area contributed by atoms with Crippen LogP contribution in [-0.4, -0.2) is 32.0 Å². The van der Waals surface area contributed by atoms with Gasteiger partial charge >= 0.3 is 5.69 Å². The summed E-state index contributed by atoms with van der Waals surface area (Å²) in [5.41, 5.74) is 0.505. The number of aliphatic hydroxyl groups excluding tert-OH is 1. The molecule has 2 rings (SSSR count). The lowest BCUT2D eigenvalue weighted by atomic mass is 9.92. The predicted octanol–water partition coefficient (Wildman–Crippen LogP) is 2.17. The molecular formula is C13H22N4O3. The van der Waals surface area contributed by atoms with Gasteiger partial charge in [0.25, 0.3) is 0 Å². The van der Waals surface area contributed by atoms with Gasteiger partial charge in [-0.2, -0.15) is 5.10 Å². The van der Waals surface area contributed by atoms with Gasteiger partial charge < -0.3 is 10.4 Å². The van der Waals surface area contributed by atoms with Crippen molar-refractivity contribution in [3.05, 3.63) is 15.8 Å². The Morgan fingerprint density at radius 2 is 2.10 bits per heavy atom. The Morgan fingerprint density at radius 3 is 2.65 bits per heavy atom. The number of aromatic nitrogens is 2. The first-order chi connectivity index (χ1) is 9.41. The van der Waals surface area contributed by atoms with E-state index in [1.54, 1.807) is 7.05 Å². The summed E-state index contributed by atoms with van der Waals surface area (Å²) in [5, 5.41) is 28.7. The van der Waals surface area contributed by atoms with Crippen LogP contribution in [0.5, 0.6) is 0 Å². The van der Waals surface area contributed by atoms with E-state index in [4.69, 9.17) is 0 Å². The number of hydrogen-bond acceptors (Lipinski definition) is 5. The lowest BCUT2D eigenvalue weighted by molar-refractivity contribution is -0.384. The summed E-state index contributed by atoms with van der Waals surface area (Å²) in [5.74, 6) is 0.373. The number of rotatable bonds is 4. The van der Waals surface area contributed by atoms with Crippen molar-refractivity contribution in [3.8, 4) is 0 Å². The summed E-state index contributed by atoms with van der Waals surface area (Å²) < 4.78 is 1.51. The summed E-state index contributed by atoms with van der Waals surface area (Å²) >= 11 is 0. The molecule has 1 saturated carbocycles. The minimum absolute atomic E-state index is 0.0200. The average Bonchev–Trinajstić information content (AvgIpc) is 2.70. The molecule has 2 unspecified atom stereocenters. The number of aliphatic hydroxyl groups is 1. The van der Waals surface area contributed by atoms with E-state index in [1.165, 1.54) is 4.68 Å². The van der Waals surface area contributed by atoms with Gasteiger partial charge in [0.1, 0.15) is 5.69 Å². The summed E-state index contributed by atoms with van der Waals surface area (Å²) in [6, 6.07) is -0.141. The molecule has 1 heterocycles. The third-order valence-corrected chi connectivity index (χ3v) is 3.83. The first kappa shape index (κ1) is 14.8. The lowest BCUT2D eigenvalue weighted by Crippen LogP contribution is -2.37.